The fourth-order valence-corrected chi connectivity index (χ4v) is 2.46. The molecule has 1 aliphatic heterocycles. The second kappa shape index (κ2) is 6.23. The lowest BCUT2D eigenvalue weighted by Gasteiger charge is -2.18. The third-order valence-electron chi connectivity index (χ3n) is 3.03. The number of hydrogen-bond acceptors (Lipinski definition) is 2. The predicted octanol–water partition coefficient (Wildman–Crippen LogP) is 3.47. The van der Waals surface area contributed by atoms with Crippen LogP contribution in [0.25, 0.3) is 0 Å². The zero-order valence-electron chi connectivity index (χ0n) is 10.6. The SMILES string of the molecule is CCCOc1ccc(Br)cc1C(=O)N1CCCC1. The van der Waals surface area contributed by atoms with Gasteiger partial charge in [0, 0.05) is 17.6 Å². The Morgan fingerprint density at radius 1 is 1.39 bits per heavy atom. The second-order valence-electron chi connectivity index (χ2n) is 4.49. The normalized spacial score (nSPS) is 14.9. The Bertz CT molecular complexity index is 428. The first-order chi connectivity index (χ1) is 8.72. The van der Waals surface area contributed by atoms with E-state index in [1.807, 2.05) is 23.1 Å². The highest BCUT2D eigenvalue weighted by Crippen LogP contribution is 2.26. The lowest BCUT2D eigenvalue weighted by molar-refractivity contribution is 0.0788. The first kappa shape index (κ1) is 13.4. The highest BCUT2D eigenvalue weighted by Gasteiger charge is 2.22. The van der Waals surface area contributed by atoms with E-state index < -0.39 is 0 Å². The molecule has 0 atom stereocenters. The van der Waals surface area contributed by atoms with Crippen LogP contribution in [0.15, 0.2) is 22.7 Å². The Labute approximate surface area is 116 Å². The van der Waals surface area contributed by atoms with E-state index in [0.29, 0.717) is 17.9 Å². The molecule has 98 valence electrons. The number of halogens is 1. The molecule has 0 bridgehead atoms. The van der Waals surface area contributed by atoms with Gasteiger partial charge in [-0.3, -0.25) is 4.79 Å². The van der Waals surface area contributed by atoms with Crippen molar-refractivity contribution in [3.05, 3.63) is 28.2 Å². The van der Waals surface area contributed by atoms with Gasteiger partial charge in [-0.05, 0) is 37.5 Å². The number of likely N-dealkylation sites (tertiary alicyclic amines) is 1. The molecule has 0 N–H and O–H groups in total. The van der Waals surface area contributed by atoms with Crippen LogP contribution in [0.4, 0.5) is 0 Å². The van der Waals surface area contributed by atoms with E-state index in [4.69, 9.17) is 4.74 Å². The van der Waals surface area contributed by atoms with Gasteiger partial charge in [0.1, 0.15) is 5.75 Å². The number of rotatable bonds is 4. The van der Waals surface area contributed by atoms with Crippen molar-refractivity contribution in [1.29, 1.82) is 0 Å². The molecule has 1 fully saturated rings. The number of nitrogens with zero attached hydrogens (tertiary/aromatic N) is 1. The van der Waals surface area contributed by atoms with Crippen LogP contribution in [0.5, 0.6) is 5.75 Å². The van der Waals surface area contributed by atoms with Gasteiger partial charge < -0.3 is 9.64 Å². The topological polar surface area (TPSA) is 29.5 Å². The van der Waals surface area contributed by atoms with Crippen molar-refractivity contribution in [3.8, 4) is 5.75 Å². The summed E-state index contributed by atoms with van der Waals surface area (Å²) in [6.45, 7) is 4.42. The average molecular weight is 312 g/mol. The lowest BCUT2D eigenvalue weighted by atomic mass is 10.1. The molecule has 0 unspecified atom stereocenters. The molecule has 0 radical (unpaired) electrons. The monoisotopic (exact) mass is 311 g/mol. The molecular formula is C14H18BrNO2. The standard InChI is InChI=1S/C14H18BrNO2/c1-2-9-18-13-6-5-11(15)10-12(13)14(17)16-7-3-4-8-16/h5-6,10H,2-4,7-9H2,1H3. The van der Waals surface area contributed by atoms with E-state index in [1.165, 1.54) is 0 Å². The van der Waals surface area contributed by atoms with Gasteiger partial charge in [-0.1, -0.05) is 22.9 Å². The van der Waals surface area contributed by atoms with Gasteiger partial charge in [-0.25, -0.2) is 0 Å². The summed E-state index contributed by atoms with van der Waals surface area (Å²) in [6.07, 6.45) is 3.14. The highest BCUT2D eigenvalue weighted by molar-refractivity contribution is 9.10. The van der Waals surface area contributed by atoms with Gasteiger partial charge in [0.05, 0.1) is 12.2 Å². The van der Waals surface area contributed by atoms with Gasteiger partial charge >= 0.3 is 0 Å². The zero-order chi connectivity index (χ0) is 13.0. The summed E-state index contributed by atoms with van der Waals surface area (Å²) >= 11 is 3.42. The van der Waals surface area contributed by atoms with Crippen LogP contribution >= 0.6 is 15.9 Å². The number of ether oxygens (including phenoxy) is 1. The van der Waals surface area contributed by atoms with E-state index in [-0.39, 0.29) is 5.91 Å². The van der Waals surface area contributed by atoms with E-state index in [0.717, 1.165) is 36.8 Å². The molecule has 1 aromatic rings. The summed E-state index contributed by atoms with van der Waals surface area (Å²) in [5.74, 6) is 0.775. The Balaban J connectivity index is 2.22. The van der Waals surface area contributed by atoms with E-state index in [1.54, 1.807) is 0 Å². The largest absolute Gasteiger partial charge is 0.493 e. The quantitative estimate of drug-likeness (QED) is 0.852. The minimum absolute atomic E-state index is 0.0832. The fourth-order valence-electron chi connectivity index (χ4n) is 2.10. The Morgan fingerprint density at radius 3 is 2.78 bits per heavy atom. The van der Waals surface area contributed by atoms with Crippen LogP contribution in [0, 0.1) is 0 Å². The van der Waals surface area contributed by atoms with Crippen LogP contribution in [-0.2, 0) is 0 Å². The number of carbonyl (C=O) groups excluding carboxylic acids is 1. The van der Waals surface area contributed by atoms with Crippen LogP contribution in [-0.4, -0.2) is 30.5 Å². The van der Waals surface area contributed by atoms with Crippen molar-refractivity contribution >= 4 is 21.8 Å². The number of carbonyl (C=O) groups is 1. The summed E-state index contributed by atoms with van der Waals surface area (Å²) in [6, 6.07) is 5.63. The third kappa shape index (κ3) is 3.05. The summed E-state index contributed by atoms with van der Waals surface area (Å²) in [5, 5.41) is 0. The molecule has 4 heteroatoms. The molecule has 2 rings (SSSR count). The maximum absolute atomic E-state index is 12.4. The van der Waals surface area contributed by atoms with Crippen molar-refractivity contribution < 1.29 is 9.53 Å². The zero-order valence-corrected chi connectivity index (χ0v) is 12.2. The molecule has 1 aromatic carbocycles. The number of amides is 1. The minimum atomic E-state index is 0.0832. The van der Waals surface area contributed by atoms with Crippen molar-refractivity contribution in [2.24, 2.45) is 0 Å². The van der Waals surface area contributed by atoms with Crippen molar-refractivity contribution in [1.82, 2.24) is 4.90 Å². The van der Waals surface area contributed by atoms with Crippen LogP contribution in [0.3, 0.4) is 0 Å². The Kier molecular flexibility index (Phi) is 4.64. The maximum Gasteiger partial charge on any atom is 0.257 e. The highest BCUT2D eigenvalue weighted by atomic mass is 79.9. The number of benzene rings is 1. The lowest BCUT2D eigenvalue weighted by Crippen LogP contribution is -2.28. The van der Waals surface area contributed by atoms with Crippen LogP contribution < -0.4 is 4.74 Å². The fraction of sp³-hybridized carbons (Fsp3) is 0.500. The molecule has 1 saturated heterocycles. The van der Waals surface area contributed by atoms with Gasteiger partial charge in [0.15, 0.2) is 0 Å². The van der Waals surface area contributed by atoms with Gasteiger partial charge in [0.2, 0.25) is 0 Å². The predicted molar refractivity (Wildman–Crippen MR) is 75.1 cm³/mol. The van der Waals surface area contributed by atoms with E-state index >= 15 is 0 Å². The smallest absolute Gasteiger partial charge is 0.257 e. The van der Waals surface area contributed by atoms with Gasteiger partial charge in [-0.2, -0.15) is 0 Å². The molecule has 0 aromatic heterocycles. The number of hydrogen-bond donors (Lipinski definition) is 0. The average Bonchev–Trinajstić information content (AvgIpc) is 2.90. The van der Waals surface area contributed by atoms with Crippen molar-refractivity contribution in [3.63, 3.8) is 0 Å². The van der Waals surface area contributed by atoms with Gasteiger partial charge in [0.25, 0.3) is 5.91 Å². The molecule has 0 aliphatic carbocycles. The minimum Gasteiger partial charge on any atom is -0.493 e. The maximum atomic E-state index is 12.4. The summed E-state index contributed by atoms with van der Waals surface area (Å²) in [7, 11) is 0. The molecular weight excluding hydrogens is 294 g/mol. The molecule has 18 heavy (non-hydrogen) atoms. The van der Waals surface area contributed by atoms with Gasteiger partial charge in [-0.15, -0.1) is 0 Å². The van der Waals surface area contributed by atoms with Crippen molar-refractivity contribution in [2.75, 3.05) is 19.7 Å². The summed E-state index contributed by atoms with van der Waals surface area (Å²) < 4.78 is 6.56. The van der Waals surface area contributed by atoms with Crippen LogP contribution in [0.2, 0.25) is 0 Å². The molecule has 1 aliphatic rings. The summed E-state index contributed by atoms with van der Waals surface area (Å²) in [5.41, 5.74) is 0.666. The first-order valence-corrected chi connectivity index (χ1v) is 7.23. The van der Waals surface area contributed by atoms with Crippen LogP contribution in [0.1, 0.15) is 36.5 Å². The first-order valence-electron chi connectivity index (χ1n) is 6.44. The van der Waals surface area contributed by atoms with E-state index in [2.05, 4.69) is 22.9 Å². The molecule has 0 saturated carbocycles. The molecule has 0 spiro atoms. The van der Waals surface area contributed by atoms with E-state index in [9.17, 15) is 4.79 Å². The Morgan fingerprint density at radius 2 is 2.11 bits per heavy atom. The van der Waals surface area contributed by atoms with Crippen molar-refractivity contribution in [2.45, 2.75) is 26.2 Å². The second-order valence-corrected chi connectivity index (χ2v) is 5.40. The third-order valence-corrected chi connectivity index (χ3v) is 3.52. The Hall–Kier alpha value is -1.03. The molecule has 3 nitrogen and oxygen atoms in total. The molecule has 1 heterocycles. The molecule has 1 amide bonds. The summed E-state index contributed by atoms with van der Waals surface area (Å²) in [4.78, 5) is 14.3.